The van der Waals surface area contributed by atoms with Crippen LogP contribution in [-0.4, -0.2) is 14.3 Å². The SMILES string of the molecule is Cc1ccc(NS(=O)(=O)c2cc(C(=O)N[C@@H](C)c3ccc(C)cc3)ccc2C)cc1. The van der Waals surface area contributed by atoms with E-state index >= 15 is 0 Å². The number of hydrogen-bond acceptors (Lipinski definition) is 3. The molecule has 0 bridgehead atoms. The number of benzene rings is 3. The van der Waals surface area contributed by atoms with Crippen LogP contribution in [0.1, 0.15) is 45.6 Å². The summed E-state index contributed by atoms with van der Waals surface area (Å²) < 4.78 is 28.4. The highest BCUT2D eigenvalue weighted by atomic mass is 32.2. The van der Waals surface area contributed by atoms with Gasteiger partial charge in [0, 0.05) is 11.3 Å². The lowest BCUT2D eigenvalue weighted by Gasteiger charge is -2.16. The molecule has 0 aliphatic rings. The fraction of sp³-hybridized carbons (Fsp3) is 0.208. The molecule has 0 aliphatic carbocycles. The molecule has 0 aliphatic heterocycles. The minimum Gasteiger partial charge on any atom is -0.346 e. The van der Waals surface area contributed by atoms with Crippen molar-refractivity contribution in [2.45, 2.75) is 38.6 Å². The predicted molar refractivity (Wildman–Crippen MR) is 120 cm³/mol. The molecule has 6 heteroatoms. The highest BCUT2D eigenvalue weighted by molar-refractivity contribution is 7.92. The van der Waals surface area contributed by atoms with Crippen LogP contribution in [0.4, 0.5) is 5.69 Å². The molecule has 0 saturated carbocycles. The van der Waals surface area contributed by atoms with Crippen molar-refractivity contribution in [3.05, 3.63) is 94.5 Å². The zero-order valence-corrected chi connectivity index (χ0v) is 18.4. The third-order valence-corrected chi connectivity index (χ3v) is 6.49. The van der Waals surface area contributed by atoms with Crippen molar-refractivity contribution >= 4 is 21.6 Å². The van der Waals surface area contributed by atoms with Crippen LogP contribution in [0.15, 0.2) is 71.6 Å². The number of carbonyl (C=O) groups is 1. The van der Waals surface area contributed by atoms with Crippen LogP contribution in [0.5, 0.6) is 0 Å². The predicted octanol–water partition coefficient (Wildman–Crippen LogP) is 4.90. The van der Waals surface area contributed by atoms with E-state index < -0.39 is 10.0 Å². The fourth-order valence-corrected chi connectivity index (χ4v) is 4.41. The van der Waals surface area contributed by atoms with Crippen molar-refractivity contribution in [2.75, 3.05) is 4.72 Å². The van der Waals surface area contributed by atoms with E-state index in [4.69, 9.17) is 0 Å². The maximum absolute atomic E-state index is 12.9. The van der Waals surface area contributed by atoms with E-state index in [9.17, 15) is 13.2 Å². The third kappa shape index (κ3) is 5.07. The van der Waals surface area contributed by atoms with Crippen molar-refractivity contribution in [3.8, 4) is 0 Å². The average molecular weight is 423 g/mol. The number of aryl methyl sites for hydroxylation is 3. The molecule has 3 rings (SSSR count). The Labute approximate surface area is 178 Å². The fourth-order valence-electron chi connectivity index (χ4n) is 3.08. The molecule has 30 heavy (non-hydrogen) atoms. The lowest BCUT2D eigenvalue weighted by atomic mass is 10.1. The molecule has 2 N–H and O–H groups in total. The number of anilines is 1. The molecule has 0 radical (unpaired) electrons. The highest BCUT2D eigenvalue weighted by Crippen LogP contribution is 2.22. The van der Waals surface area contributed by atoms with Gasteiger partial charge >= 0.3 is 0 Å². The second-order valence-corrected chi connectivity index (χ2v) is 9.21. The molecule has 0 heterocycles. The van der Waals surface area contributed by atoms with Crippen molar-refractivity contribution in [3.63, 3.8) is 0 Å². The zero-order valence-electron chi connectivity index (χ0n) is 17.6. The first-order chi connectivity index (χ1) is 14.2. The molecule has 0 spiro atoms. The van der Waals surface area contributed by atoms with Gasteiger partial charge in [0.2, 0.25) is 0 Å². The monoisotopic (exact) mass is 422 g/mol. The standard InChI is InChI=1S/C24H26N2O3S/c1-16-5-10-20(11-6-16)19(4)25-24(27)21-12-9-18(3)23(15-21)30(28,29)26-22-13-7-17(2)8-14-22/h5-15,19,26H,1-4H3,(H,25,27)/t19-/m0/s1. The van der Waals surface area contributed by atoms with Crippen molar-refractivity contribution in [1.29, 1.82) is 0 Å². The summed E-state index contributed by atoms with van der Waals surface area (Å²) in [5.74, 6) is -0.324. The van der Waals surface area contributed by atoms with E-state index in [0.717, 1.165) is 16.7 Å². The number of rotatable bonds is 6. The zero-order chi connectivity index (χ0) is 21.9. The molecule has 0 unspecified atom stereocenters. The van der Waals surface area contributed by atoms with Gasteiger partial charge in [0.25, 0.3) is 15.9 Å². The summed E-state index contributed by atoms with van der Waals surface area (Å²) in [6.45, 7) is 7.54. The van der Waals surface area contributed by atoms with Gasteiger partial charge in [0.15, 0.2) is 0 Å². The van der Waals surface area contributed by atoms with Crippen molar-refractivity contribution < 1.29 is 13.2 Å². The van der Waals surface area contributed by atoms with Crippen molar-refractivity contribution in [2.24, 2.45) is 0 Å². The van der Waals surface area contributed by atoms with Gasteiger partial charge in [0.1, 0.15) is 0 Å². The van der Waals surface area contributed by atoms with E-state index in [-0.39, 0.29) is 16.8 Å². The van der Waals surface area contributed by atoms with Gasteiger partial charge in [-0.25, -0.2) is 8.42 Å². The number of carbonyl (C=O) groups excluding carboxylic acids is 1. The van der Waals surface area contributed by atoms with Gasteiger partial charge in [-0.1, -0.05) is 53.6 Å². The Kier molecular flexibility index (Phi) is 6.27. The first kappa shape index (κ1) is 21.6. The van der Waals surface area contributed by atoms with E-state index in [1.165, 1.54) is 6.07 Å². The Bertz CT molecular complexity index is 1150. The maximum atomic E-state index is 12.9. The van der Waals surface area contributed by atoms with Gasteiger partial charge in [-0.15, -0.1) is 0 Å². The summed E-state index contributed by atoms with van der Waals surface area (Å²) in [4.78, 5) is 12.8. The summed E-state index contributed by atoms with van der Waals surface area (Å²) in [6.07, 6.45) is 0. The molecule has 0 aromatic heterocycles. The summed E-state index contributed by atoms with van der Waals surface area (Å²) in [6, 6.07) is 19.5. The summed E-state index contributed by atoms with van der Waals surface area (Å²) in [7, 11) is -3.83. The molecular weight excluding hydrogens is 396 g/mol. The Balaban J connectivity index is 1.82. The molecule has 3 aromatic rings. The Hall–Kier alpha value is -3.12. The number of nitrogens with one attached hydrogen (secondary N) is 2. The van der Waals surface area contributed by atoms with Crippen LogP contribution in [0.2, 0.25) is 0 Å². The number of sulfonamides is 1. The van der Waals surface area contributed by atoms with Gasteiger partial charge in [-0.3, -0.25) is 9.52 Å². The second-order valence-electron chi connectivity index (χ2n) is 7.56. The highest BCUT2D eigenvalue weighted by Gasteiger charge is 2.20. The molecule has 0 saturated heterocycles. The molecule has 156 valence electrons. The lowest BCUT2D eigenvalue weighted by molar-refractivity contribution is 0.0939. The Morgan fingerprint density at radius 2 is 1.40 bits per heavy atom. The Morgan fingerprint density at radius 3 is 2.00 bits per heavy atom. The van der Waals surface area contributed by atoms with Crippen LogP contribution in [0, 0.1) is 20.8 Å². The average Bonchev–Trinajstić information content (AvgIpc) is 2.70. The van der Waals surface area contributed by atoms with Crippen molar-refractivity contribution in [1.82, 2.24) is 5.32 Å². The second kappa shape index (κ2) is 8.71. The smallest absolute Gasteiger partial charge is 0.262 e. The summed E-state index contributed by atoms with van der Waals surface area (Å²) in [5, 5.41) is 2.93. The van der Waals surface area contributed by atoms with Crippen LogP contribution < -0.4 is 10.0 Å². The van der Waals surface area contributed by atoms with Gasteiger partial charge in [-0.05, 0) is 63.1 Å². The lowest BCUT2D eigenvalue weighted by Crippen LogP contribution is -2.27. The molecule has 1 amide bonds. The minimum atomic E-state index is -3.83. The number of hydrogen-bond donors (Lipinski definition) is 2. The molecule has 5 nitrogen and oxygen atoms in total. The van der Waals surface area contributed by atoms with Gasteiger partial charge in [0.05, 0.1) is 10.9 Å². The summed E-state index contributed by atoms with van der Waals surface area (Å²) >= 11 is 0. The summed E-state index contributed by atoms with van der Waals surface area (Å²) in [5.41, 5.74) is 4.50. The van der Waals surface area contributed by atoms with E-state index in [2.05, 4.69) is 10.0 Å². The van der Waals surface area contributed by atoms with Crippen LogP contribution in [-0.2, 0) is 10.0 Å². The first-order valence-corrected chi connectivity index (χ1v) is 11.2. The third-order valence-electron chi connectivity index (χ3n) is 4.97. The normalized spacial score (nSPS) is 12.3. The van der Waals surface area contributed by atoms with E-state index in [1.54, 1.807) is 31.2 Å². The molecule has 0 fully saturated rings. The van der Waals surface area contributed by atoms with Gasteiger partial charge < -0.3 is 5.32 Å². The first-order valence-electron chi connectivity index (χ1n) is 9.73. The topological polar surface area (TPSA) is 75.3 Å². The van der Waals surface area contributed by atoms with Gasteiger partial charge in [-0.2, -0.15) is 0 Å². The van der Waals surface area contributed by atoms with Crippen LogP contribution in [0.25, 0.3) is 0 Å². The maximum Gasteiger partial charge on any atom is 0.262 e. The molecule has 3 aromatic carbocycles. The largest absolute Gasteiger partial charge is 0.346 e. The van der Waals surface area contributed by atoms with Crippen LogP contribution in [0.3, 0.4) is 0 Å². The molecular formula is C24H26N2O3S. The number of amides is 1. The van der Waals surface area contributed by atoms with E-state index in [1.807, 2.05) is 57.2 Å². The van der Waals surface area contributed by atoms with E-state index in [0.29, 0.717) is 16.8 Å². The van der Waals surface area contributed by atoms with Crippen LogP contribution >= 0.6 is 0 Å². The quantitative estimate of drug-likeness (QED) is 0.593. The minimum absolute atomic E-state index is 0.0821. The Morgan fingerprint density at radius 1 is 0.833 bits per heavy atom. The molecule has 1 atom stereocenters.